The summed E-state index contributed by atoms with van der Waals surface area (Å²) in [6.07, 6.45) is -4.45. The summed E-state index contributed by atoms with van der Waals surface area (Å²) in [6.45, 7) is 3.87. The molecule has 1 fully saturated rings. The number of ether oxygens (including phenoxy) is 1. The van der Waals surface area contributed by atoms with Crippen molar-refractivity contribution in [1.29, 1.82) is 0 Å². The molecular formula is C18H18F3NO3S. The van der Waals surface area contributed by atoms with Crippen LogP contribution in [0.4, 0.5) is 13.2 Å². The number of benzene rings is 2. The van der Waals surface area contributed by atoms with E-state index in [1.807, 2.05) is 6.92 Å². The zero-order chi connectivity index (χ0) is 19.2. The maximum atomic E-state index is 12.8. The van der Waals surface area contributed by atoms with E-state index < -0.39 is 33.4 Å². The highest BCUT2D eigenvalue weighted by molar-refractivity contribution is 7.89. The highest BCUT2D eigenvalue weighted by atomic mass is 32.2. The smallest absolute Gasteiger partial charge is 0.368 e. The molecule has 2 atom stereocenters. The summed E-state index contributed by atoms with van der Waals surface area (Å²) in [7, 11) is -3.86. The average Bonchev–Trinajstić information content (AvgIpc) is 3.31. The van der Waals surface area contributed by atoms with Crippen LogP contribution in [0.25, 0.3) is 0 Å². The van der Waals surface area contributed by atoms with Crippen LogP contribution in [0.2, 0.25) is 0 Å². The highest BCUT2D eigenvalue weighted by Gasteiger charge is 2.49. The van der Waals surface area contributed by atoms with Crippen molar-refractivity contribution in [1.82, 2.24) is 4.72 Å². The molecule has 0 spiro atoms. The molecule has 0 aliphatic carbocycles. The van der Waals surface area contributed by atoms with Gasteiger partial charge in [0.05, 0.1) is 23.1 Å². The first-order chi connectivity index (χ1) is 12.0. The fraction of sp³-hybridized carbons (Fsp3) is 0.333. The molecule has 26 heavy (non-hydrogen) atoms. The molecule has 0 amide bonds. The molecule has 0 aromatic heterocycles. The molecule has 4 nitrogen and oxygen atoms in total. The Morgan fingerprint density at radius 3 is 2.08 bits per heavy atom. The van der Waals surface area contributed by atoms with E-state index in [0.717, 1.165) is 17.7 Å². The Morgan fingerprint density at radius 1 is 1.08 bits per heavy atom. The first-order valence-corrected chi connectivity index (χ1v) is 9.40. The van der Waals surface area contributed by atoms with Crippen LogP contribution in [0.15, 0.2) is 53.4 Å². The van der Waals surface area contributed by atoms with Crippen LogP contribution < -0.4 is 4.72 Å². The standard InChI is InChI=1S/C18H18F3NO3S/c1-12-3-9-15(10-4-12)26(23,24)22-16(17(2)11-25-17)13-5-7-14(8-6-13)18(19,20)21/h3-10,16,22H,11H2,1-2H3/t16?,17-/m0/s1. The maximum Gasteiger partial charge on any atom is 0.416 e. The van der Waals surface area contributed by atoms with E-state index in [2.05, 4.69) is 4.72 Å². The number of alkyl halides is 3. The number of hydrogen-bond donors (Lipinski definition) is 1. The third-order valence-electron chi connectivity index (χ3n) is 4.39. The van der Waals surface area contributed by atoms with Crippen LogP contribution in [0.1, 0.15) is 29.7 Å². The van der Waals surface area contributed by atoms with Crippen molar-refractivity contribution in [3.05, 3.63) is 65.2 Å². The van der Waals surface area contributed by atoms with Gasteiger partial charge in [-0.3, -0.25) is 0 Å². The first kappa shape index (κ1) is 18.9. The maximum absolute atomic E-state index is 12.8. The van der Waals surface area contributed by atoms with Gasteiger partial charge in [-0.1, -0.05) is 29.8 Å². The Hall–Kier alpha value is -1.90. The van der Waals surface area contributed by atoms with Crippen LogP contribution in [-0.2, 0) is 20.9 Å². The summed E-state index contributed by atoms with van der Waals surface area (Å²) in [4.78, 5) is 0.0873. The second kappa shape index (κ2) is 6.37. The van der Waals surface area contributed by atoms with Crippen LogP contribution >= 0.6 is 0 Å². The van der Waals surface area contributed by atoms with Crippen LogP contribution in [0, 0.1) is 6.92 Å². The quantitative estimate of drug-likeness (QED) is 0.796. The van der Waals surface area contributed by atoms with Crippen molar-refractivity contribution in [2.24, 2.45) is 0 Å². The van der Waals surface area contributed by atoms with E-state index in [1.165, 1.54) is 24.3 Å². The van der Waals surface area contributed by atoms with Crippen LogP contribution in [0.3, 0.4) is 0 Å². The number of aryl methyl sites for hydroxylation is 1. The van der Waals surface area contributed by atoms with Gasteiger partial charge in [-0.25, -0.2) is 13.1 Å². The lowest BCUT2D eigenvalue weighted by Gasteiger charge is -2.23. The largest absolute Gasteiger partial charge is 0.416 e. The summed E-state index contributed by atoms with van der Waals surface area (Å²) in [5.74, 6) is 0. The third-order valence-corrected chi connectivity index (χ3v) is 5.82. The van der Waals surface area contributed by atoms with Crippen molar-refractivity contribution in [3.8, 4) is 0 Å². The van der Waals surface area contributed by atoms with Gasteiger partial charge < -0.3 is 4.74 Å². The van der Waals surface area contributed by atoms with E-state index in [9.17, 15) is 21.6 Å². The molecule has 1 N–H and O–H groups in total. The van der Waals surface area contributed by atoms with Crippen LogP contribution in [0.5, 0.6) is 0 Å². The van der Waals surface area contributed by atoms with Gasteiger partial charge in [0.25, 0.3) is 0 Å². The van der Waals surface area contributed by atoms with Gasteiger partial charge in [-0.15, -0.1) is 0 Å². The number of sulfonamides is 1. The molecular weight excluding hydrogens is 367 g/mol. The summed E-state index contributed by atoms with van der Waals surface area (Å²) in [5.41, 5.74) is -0.255. The number of epoxide rings is 1. The second-order valence-corrected chi connectivity index (χ2v) is 8.30. The SMILES string of the molecule is Cc1ccc(S(=O)(=O)NC(c2ccc(C(F)(F)F)cc2)[C@]2(C)CO2)cc1. The molecule has 140 valence electrons. The molecule has 0 saturated carbocycles. The summed E-state index contributed by atoms with van der Waals surface area (Å²) in [6, 6.07) is 9.96. The van der Waals surface area contributed by atoms with E-state index in [4.69, 9.17) is 4.74 Å². The number of nitrogens with one attached hydrogen (secondary N) is 1. The number of hydrogen-bond acceptors (Lipinski definition) is 3. The molecule has 1 aliphatic heterocycles. The van der Waals surface area contributed by atoms with Crippen molar-refractivity contribution >= 4 is 10.0 Å². The van der Waals surface area contributed by atoms with Crippen LogP contribution in [-0.4, -0.2) is 20.6 Å². The van der Waals surface area contributed by atoms with Gasteiger partial charge in [-0.2, -0.15) is 13.2 Å². The zero-order valence-electron chi connectivity index (χ0n) is 14.2. The van der Waals surface area contributed by atoms with Gasteiger partial charge in [-0.05, 0) is 43.7 Å². The van der Waals surface area contributed by atoms with E-state index in [1.54, 1.807) is 19.1 Å². The average molecular weight is 385 g/mol. The minimum absolute atomic E-state index is 0.0873. The lowest BCUT2D eigenvalue weighted by atomic mass is 9.95. The number of rotatable bonds is 5. The predicted molar refractivity (Wildman–Crippen MR) is 90.0 cm³/mol. The molecule has 1 unspecified atom stereocenters. The molecule has 3 rings (SSSR count). The molecule has 8 heteroatoms. The van der Waals surface area contributed by atoms with Gasteiger partial charge >= 0.3 is 6.18 Å². The highest BCUT2D eigenvalue weighted by Crippen LogP contribution is 2.41. The lowest BCUT2D eigenvalue weighted by Crippen LogP contribution is -2.37. The normalized spacial score (nSPS) is 21.4. The topological polar surface area (TPSA) is 58.7 Å². The molecule has 1 saturated heterocycles. The number of halogens is 3. The lowest BCUT2D eigenvalue weighted by molar-refractivity contribution is -0.137. The Bertz CT molecular complexity index is 887. The summed E-state index contributed by atoms with van der Waals surface area (Å²) < 4.78 is 71.6. The van der Waals surface area contributed by atoms with Crippen molar-refractivity contribution in [2.45, 2.75) is 36.6 Å². The molecule has 0 radical (unpaired) electrons. The molecule has 2 aromatic carbocycles. The van der Waals surface area contributed by atoms with E-state index in [0.29, 0.717) is 12.2 Å². The predicted octanol–water partition coefficient (Wildman–Crippen LogP) is 3.82. The van der Waals surface area contributed by atoms with Gasteiger partial charge in [0, 0.05) is 0 Å². The molecule has 1 heterocycles. The second-order valence-electron chi connectivity index (χ2n) is 6.59. The monoisotopic (exact) mass is 385 g/mol. The van der Waals surface area contributed by atoms with E-state index >= 15 is 0 Å². The Morgan fingerprint density at radius 2 is 1.62 bits per heavy atom. The van der Waals surface area contributed by atoms with Gasteiger partial charge in [0.2, 0.25) is 10.0 Å². The molecule has 1 aliphatic rings. The van der Waals surface area contributed by atoms with E-state index in [-0.39, 0.29) is 4.90 Å². The molecule has 0 bridgehead atoms. The minimum atomic E-state index is -4.45. The Kier molecular flexibility index (Phi) is 4.62. The summed E-state index contributed by atoms with van der Waals surface area (Å²) in [5, 5.41) is 0. The van der Waals surface area contributed by atoms with Crippen molar-refractivity contribution in [2.75, 3.05) is 6.61 Å². The minimum Gasteiger partial charge on any atom is -0.368 e. The Labute approximate surface area is 150 Å². The fourth-order valence-corrected chi connectivity index (χ4v) is 3.96. The Balaban J connectivity index is 1.91. The molecule has 2 aromatic rings. The first-order valence-electron chi connectivity index (χ1n) is 7.91. The fourth-order valence-electron chi connectivity index (χ4n) is 2.63. The zero-order valence-corrected chi connectivity index (χ0v) is 15.0. The third kappa shape index (κ3) is 3.92. The van der Waals surface area contributed by atoms with Crippen molar-refractivity contribution < 1.29 is 26.3 Å². The summed E-state index contributed by atoms with van der Waals surface area (Å²) >= 11 is 0. The van der Waals surface area contributed by atoms with Crippen molar-refractivity contribution in [3.63, 3.8) is 0 Å². The van der Waals surface area contributed by atoms with Gasteiger partial charge in [0.1, 0.15) is 5.60 Å². The van der Waals surface area contributed by atoms with Gasteiger partial charge in [0.15, 0.2) is 0 Å².